The number of nitrogens with zero attached hydrogens (tertiary/aromatic N) is 2. The third kappa shape index (κ3) is 4.82. The Hall–Kier alpha value is -0.860. The zero-order chi connectivity index (χ0) is 15.9. The molecule has 0 aliphatic heterocycles. The Labute approximate surface area is 132 Å². The average molecular weight is 293 g/mol. The molecule has 0 heterocycles. The van der Waals surface area contributed by atoms with Gasteiger partial charge in [0.15, 0.2) is 0 Å². The van der Waals surface area contributed by atoms with Gasteiger partial charge in [0.25, 0.3) is 0 Å². The van der Waals surface area contributed by atoms with E-state index in [9.17, 15) is 0 Å². The Morgan fingerprint density at radius 2 is 1.29 bits per heavy atom. The van der Waals surface area contributed by atoms with Crippen LogP contribution in [0.15, 0.2) is 24.3 Å². The van der Waals surface area contributed by atoms with Crippen molar-refractivity contribution >= 4 is 5.69 Å². The number of aryl methyl sites for hydroxylation is 1. The first-order chi connectivity index (χ1) is 9.93. The minimum atomic E-state index is 1.03. The van der Waals surface area contributed by atoms with Gasteiger partial charge in [-0.1, -0.05) is 12.1 Å². The molecule has 0 N–H and O–H groups in total. The van der Waals surface area contributed by atoms with E-state index in [0.29, 0.717) is 0 Å². The summed E-state index contributed by atoms with van der Waals surface area (Å²) < 4.78 is 2.22. The van der Waals surface area contributed by atoms with Crippen LogP contribution in [0.3, 0.4) is 0 Å². The van der Waals surface area contributed by atoms with Gasteiger partial charge in [0.05, 0.1) is 46.8 Å². The zero-order valence-electron chi connectivity index (χ0n) is 15.2. The summed E-state index contributed by atoms with van der Waals surface area (Å²) in [6, 6.07) is 9.32. The zero-order valence-corrected chi connectivity index (χ0v) is 15.2. The molecule has 2 heteroatoms. The van der Waals surface area contributed by atoms with Gasteiger partial charge in [0, 0.05) is 6.42 Å². The monoisotopic (exact) mass is 292 g/mol. The van der Waals surface area contributed by atoms with E-state index in [1.165, 1.54) is 48.2 Å². The van der Waals surface area contributed by atoms with Crippen LogP contribution in [0.2, 0.25) is 0 Å². The van der Waals surface area contributed by atoms with Crippen molar-refractivity contribution in [2.24, 2.45) is 0 Å². The Morgan fingerprint density at radius 1 is 0.762 bits per heavy atom. The van der Waals surface area contributed by atoms with E-state index in [1.807, 2.05) is 0 Å². The Kier molecular flexibility index (Phi) is 6.89. The molecule has 0 fully saturated rings. The number of hydrogen-bond acceptors (Lipinski definition) is 0. The molecular weight excluding hydrogens is 256 g/mol. The van der Waals surface area contributed by atoms with E-state index < -0.39 is 0 Å². The van der Waals surface area contributed by atoms with E-state index in [0.717, 1.165) is 17.6 Å². The van der Waals surface area contributed by atoms with Crippen LogP contribution in [0.5, 0.6) is 0 Å². The highest BCUT2D eigenvalue weighted by Crippen LogP contribution is 2.21. The van der Waals surface area contributed by atoms with Crippen LogP contribution in [0.25, 0.3) is 0 Å². The molecule has 120 valence electrons. The Bertz CT molecular complexity index is 400. The van der Waals surface area contributed by atoms with Crippen molar-refractivity contribution in [2.75, 3.05) is 46.8 Å². The third-order valence-electron chi connectivity index (χ3n) is 5.65. The van der Waals surface area contributed by atoms with Gasteiger partial charge in [-0.3, -0.25) is 4.48 Å². The fourth-order valence-corrected chi connectivity index (χ4v) is 2.82. The molecule has 0 aromatic heterocycles. The smallest absolute Gasteiger partial charge is 0.132 e. The molecule has 0 unspecified atom stereocenters. The second-order valence-electron chi connectivity index (χ2n) is 6.77. The van der Waals surface area contributed by atoms with Crippen LogP contribution in [-0.4, -0.2) is 51.3 Å². The highest BCUT2D eigenvalue weighted by atomic mass is 15.3. The van der Waals surface area contributed by atoms with Crippen LogP contribution in [0.1, 0.15) is 39.7 Å². The van der Waals surface area contributed by atoms with Gasteiger partial charge in [-0.15, -0.1) is 0 Å². The van der Waals surface area contributed by atoms with E-state index in [1.54, 1.807) is 0 Å². The van der Waals surface area contributed by atoms with Crippen molar-refractivity contribution in [3.8, 4) is 0 Å². The number of rotatable bonds is 9. The first-order valence-corrected chi connectivity index (χ1v) is 8.70. The summed E-state index contributed by atoms with van der Waals surface area (Å²) in [4.78, 5) is 0. The predicted octanol–water partition coefficient (Wildman–Crippen LogP) is 4.08. The highest BCUT2D eigenvalue weighted by molar-refractivity contribution is 5.43. The van der Waals surface area contributed by atoms with Crippen LogP contribution in [0.4, 0.5) is 5.69 Å². The van der Waals surface area contributed by atoms with Crippen molar-refractivity contribution in [3.63, 3.8) is 0 Å². The maximum atomic E-state index is 2.37. The first kappa shape index (κ1) is 18.2. The molecule has 0 amide bonds. The number of benzene rings is 1. The molecule has 0 bridgehead atoms. The molecule has 0 radical (unpaired) electrons. The van der Waals surface area contributed by atoms with E-state index >= 15 is 0 Å². The standard InChI is InChI=1S/C19H36N2/c1-7-20(5,8-2)17-11-12-18-13-15-19(16-14-18)21(6,9-3)10-4/h13-16H,7-12,17H2,1-6H3/q+2. The second kappa shape index (κ2) is 7.95. The largest absolute Gasteiger partial charge is 0.326 e. The van der Waals surface area contributed by atoms with Crippen LogP contribution in [-0.2, 0) is 6.42 Å². The van der Waals surface area contributed by atoms with Crippen molar-refractivity contribution in [3.05, 3.63) is 29.8 Å². The second-order valence-corrected chi connectivity index (χ2v) is 6.77. The normalized spacial score (nSPS) is 12.7. The molecule has 21 heavy (non-hydrogen) atoms. The number of hydrogen-bond donors (Lipinski definition) is 0. The topological polar surface area (TPSA) is 0 Å². The van der Waals surface area contributed by atoms with Gasteiger partial charge in [-0.2, -0.15) is 0 Å². The molecule has 0 atom stereocenters. The molecule has 1 aromatic rings. The van der Waals surface area contributed by atoms with Crippen LogP contribution in [0, 0.1) is 0 Å². The molecule has 0 saturated heterocycles. The predicted molar refractivity (Wildman–Crippen MR) is 95.7 cm³/mol. The van der Waals surface area contributed by atoms with Crippen LogP contribution < -0.4 is 4.48 Å². The lowest BCUT2D eigenvalue weighted by Gasteiger charge is -2.32. The Morgan fingerprint density at radius 3 is 1.71 bits per heavy atom. The van der Waals surface area contributed by atoms with E-state index in [4.69, 9.17) is 0 Å². The quantitative estimate of drug-likeness (QED) is 0.602. The van der Waals surface area contributed by atoms with E-state index in [-0.39, 0.29) is 0 Å². The summed E-state index contributed by atoms with van der Waals surface area (Å²) in [7, 11) is 4.69. The number of quaternary nitrogens is 2. The summed E-state index contributed by atoms with van der Waals surface area (Å²) in [6.07, 6.45) is 2.49. The first-order valence-electron chi connectivity index (χ1n) is 8.70. The SMILES string of the molecule is CC[N+](C)(CC)CCCc1ccc([N+](C)(CC)CC)cc1. The lowest BCUT2D eigenvalue weighted by molar-refractivity contribution is -0.906. The maximum absolute atomic E-state index is 2.37. The highest BCUT2D eigenvalue weighted by Gasteiger charge is 2.20. The fourth-order valence-electron chi connectivity index (χ4n) is 2.82. The summed E-state index contributed by atoms with van der Waals surface area (Å²) >= 11 is 0. The molecule has 0 spiro atoms. The van der Waals surface area contributed by atoms with Gasteiger partial charge in [0.1, 0.15) is 5.69 Å². The molecule has 0 aliphatic rings. The third-order valence-corrected chi connectivity index (χ3v) is 5.65. The lowest BCUT2D eigenvalue weighted by atomic mass is 10.1. The van der Waals surface area contributed by atoms with Crippen molar-refractivity contribution in [1.82, 2.24) is 4.48 Å². The summed E-state index contributed by atoms with van der Waals surface area (Å²) in [5.74, 6) is 0. The van der Waals surface area contributed by atoms with Gasteiger partial charge in [-0.25, -0.2) is 0 Å². The Balaban J connectivity index is 2.60. The average Bonchev–Trinajstić information content (AvgIpc) is 2.54. The van der Waals surface area contributed by atoms with Crippen LogP contribution >= 0.6 is 0 Å². The van der Waals surface area contributed by atoms with Gasteiger partial charge >= 0.3 is 0 Å². The van der Waals surface area contributed by atoms with Gasteiger partial charge < -0.3 is 4.48 Å². The minimum absolute atomic E-state index is 1.03. The molecule has 0 aliphatic carbocycles. The molecule has 0 saturated carbocycles. The van der Waals surface area contributed by atoms with Crippen molar-refractivity contribution in [2.45, 2.75) is 40.5 Å². The minimum Gasteiger partial charge on any atom is -0.326 e. The molecule has 1 rings (SSSR count). The lowest BCUT2D eigenvalue weighted by Crippen LogP contribution is -2.44. The van der Waals surface area contributed by atoms with E-state index in [2.05, 4.69) is 66.1 Å². The summed E-state index contributed by atoms with van der Waals surface area (Å²) in [5.41, 5.74) is 2.92. The summed E-state index contributed by atoms with van der Waals surface area (Å²) in [5, 5.41) is 0. The summed E-state index contributed by atoms with van der Waals surface area (Å²) in [6.45, 7) is 15.2. The molecule has 1 aromatic carbocycles. The molecule has 2 nitrogen and oxygen atoms in total. The van der Waals surface area contributed by atoms with Gasteiger partial charge in [-0.05, 0) is 51.8 Å². The van der Waals surface area contributed by atoms with Crippen molar-refractivity contribution < 1.29 is 4.48 Å². The van der Waals surface area contributed by atoms with Gasteiger partial charge in [0.2, 0.25) is 0 Å². The maximum Gasteiger partial charge on any atom is 0.132 e. The van der Waals surface area contributed by atoms with Crippen molar-refractivity contribution in [1.29, 1.82) is 0 Å². The molecular formula is C19H36N2+2. The fraction of sp³-hybridized carbons (Fsp3) is 0.684.